The van der Waals surface area contributed by atoms with Crippen LogP contribution in [0, 0.1) is 5.41 Å². The number of carbonyl (C=O) groups excluding carboxylic acids is 4. The molecular formula is C55H57N3O11. The van der Waals surface area contributed by atoms with E-state index in [-0.39, 0.29) is 50.3 Å². The molecule has 1 saturated carbocycles. The summed E-state index contributed by atoms with van der Waals surface area (Å²) in [6.07, 6.45) is 1.10. The Kier molecular flexibility index (Phi) is 13.6. The van der Waals surface area contributed by atoms with Gasteiger partial charge in [0.15, 0.2) is 6.04 Å². The van der Waals surface area contributed by atoms with E-state index in [1.807, 2.05) is 109 Å². The molecule has 4 fully saturated rings. The number of rotatable bonds is 16. The van der Waals surface area contributed by atoms with Gasteiger partial charge in [0.2, 0.25) is 11.7 Å². The molecule has 14 heteroatoms. The van der Waals surface area contributed by atoms with Crippen molar-refractivity contribution in [2.24, 2.45) is 5.41 Å². The van der Waals surface area contributed by atoms with E-state index in [1.54, 1.807) is 62.2 Å². The zero-order valence-corrected chi connectivity index (χ0v) is 38.8. The number of aromatic hydroxyl groups is 1. The van der Waals surface area contributed by atoms with E-state index in [9.17, 15) is 24.6 Å². The molecule has 7 atom stereocenters. The Hall–Kier alpha value is -6.68. The maximum atomic E-state index is 15.3. The molecule has 0 aromatic heterocycles. The van der Waals surface area contributed by atoms with Gasteiger partial charge in [-0.2, -0.15) is 5.06 Å². The molecule has 5 aromatic rings. The van der Waals surface area contributed by atoms with Crippen LogP contribution in [-0.2, 0) is 63.5 Å². The SMILES string of the molecule is CC(C)(C)OC(=O)CCC(CO)NC(=O)c1cccc(CNC(=O)C23CC4OC(=O)C2N(Cc2ccccc2C=CCc2ccccc2O)OC3C2OC(c3ccccc3)(c3ccccc3)OC42)c1. The molecule has 2 amide bonds. The molecule has 1 aliphatic carbocycles. The number of amides is 2. The first-order chi connectivity index (χ1) is 33.3. The molecule has 69 heavy (non-hydrogen) atoms. The Bertz CT molecular complexity index is 2670. The number of aliphatic hydroxyl groups is 1. The Morgan fingerprint density at radius 3 is 2.22 bits per heavy atom. The number of nitrogens with one attached hydrogen (secondary N) is 2. The minimum absolute atomic E-state index is 0.00303. The number of ether oxygens (including phenoxy) is 4. The van der Waals surface area contributed by atoms with E-state index in [1.165, 1.54) is 0 Å². The minimum Gasteiger partial charge on any atom is -0.508 e. The van der Waals surface area contributed by atoms with Crippen LogP contribution in [0.4, 0.5) is 0 Å². The van der Waals surface area contributed by atoms with Crippen molar-refractivity contribution in [1.82, 2.24) is 15.7 Å². The van der Waals surface area contributed by atoms with Crippen LogP contribution in [0.5, 0.6) is 5.75 Å². The van der Waals surface area contributed by atoms with Gasteiger partial charge in [0, 0.05) is 36.1 Å². The number of para-hydroxylation sites is 1. The molecule has 4 aliphatic rings. The van der Waals surface area contributed by atoms with Crippen molar-refractivity contribution in [2.45, 2.75) is 107 Å². The zero-order chi connectivity index (χ0) is 48.3. The predicted molar refractivity (Wildman–Crippen MR) is 254 cm³/mol. The quantitative estimate of drug-likeness (QED) is 0.0774. The highest BCUT2D eigenvalue weighted by Gasteiger charge is 2.76. The maximum Gasteiger partial charge on any atom is 0.327 e. The van der Waals surface area contributed by atoms with Crippen molar-refractivity contribution in [1.29, 1.82) is 0 Å². The van der Waals surface area contributed by atoms with E-state index in [0.29, 0.717) is 12.0 Å². The molecule has 0 spiro atoms. The average molecular weight is 936 g/mol. The van der Waals surface area contributed by atoms with E-state index >= 15 is 4.79 Å². The van der Waals surface area contributed by atoms with Gasteiger partial charge in [0.05, 0.1) is 19.2 Å². The number of hydroxylamine groups is 2. The van der Waals surface area contributed by atoms with E-state index in [0.717, 1.165) is 27.8 Å². The van der Waals surface area contributed by atoms with E-state index in [4.69, 9.17) is 23.8 Å². The first kappa shape index (κ1) is 47.4. The van der Waals surface area contributed by atoms with Gasteiger partial charge in [-0.3, -0.25) is 24.0 Å². The lowest BCUT2D eigenvalue weighted by atomic mass is 9.62. The molecule has 5 aromatic carbocycles. The third-order valence-electron chi connectivity index (χ3n) is 13.2. The third-order valence-corrected chi connectivity index (χ3v) is 13.2. The smallest absolute Gasteiger partial charge is 0.327 e. The van der Waals surface area contributed by atoms with Crippen molar-refractivity contribution >= 4 is 29.8 Å². The topological polar surface area (TPSA) is 182 Å². The second-order valence-electron chi connectivity index (χ2n) is 19.0. The first-order valence-electron chi connectivity index (χ1n) is 23.4. The van der Waals surface area contributed by atoms with Gasteiger partial charge in [0.1, 0.15) is 41.2 Å². The van der Waals surface area contributed by atoms with Gasteiger partial charge in [-0.15, -0.1) is 0 Å². The normalized spacial score (nSPS) is 24.0. The standard InChI is InChI=1S/C55H57N3O11/c1-53(2,3)66-45(61)29-28-42(34-59)57-50(62)38-22-14-16-35(30-38)32-56-52(64)54-31-44-46-47(68-55(67-46,40-23-6-4-7-24-40)41-25-8-5-9-26-41)49(54)69-58(48(54)51(63)65-44)33-39-19-11-10-17-36(39)20-15-21-37-18-12-13-27-43(37)60/h4-20,22-27,30,42,44,46-49,59-60H,21,28-29,31-34H2,1-3H3,(H,56,64)(H,57,62). The third kappa shape index (κ3) is 9.68. The minimum atomic E-state index is -1.51. The lowest BCUT2D eigenvalue weighted by molar-refractivity contribution is -0.213. The zero-order valence-electron chi connectivity index (χ0n) is 38.8. The molecule has 0 radical (unpaired) electrons. The summed E-state index contributed by atoms with van der Waals surface area (Å²) in [4.78, 5) is 62.6. The summed E-state index contributed by atoms with van der Waals surface area (Å²) in [6.45, 7) is 5.04. The highest BCUT2D eigenvalue weighted by molar-refractivity contribution is 5.95. The van der Waals surface area contributed by atoms with Gasteiger partial charge >= 0.3 is 11.9 Å². The van der Waals surface area contributed by atoms with Crippen molar-refractivity contribution < 1.29 is 53.2 Å². The molecule has 3 saturated heterocycles. The highest BCUT2D eigenvalue weighted by Crippen LogP contribution is 2.59. The van der Waals surface area contributed by atoms with Crippen LogP contribution in [0.25, 0.3) is 6.08 Å². The van der Waals surface area contributed by atoms with Crippen molar-refractivity contribution in [3.63, 3.8) is 0 Å². The number of hydrogen-bond acceptors (Lipinski definition) is 12. The number of allylic oxidation sites excluding steroid dienone is 1. The molecule has 9 rings (SSSR count). The number of hydrogen-bond donors (Lipinski definition) is 4. The number of benzene rings is 5. The molecule has 3 heterocycles. The van der Waals surface area contributed by atoms with Crippen LogP contribution < -0.4 is 10.6 Å². The number of aliphatic hydroxyl groups excluding tert-OH is 1. The molecular weight excluding hydrogens is 879 g/mol. The number of esters is 2. The Labute approximate surface area is 401 Å². The maximum absolute atomic E-state index is 15.3. The summed E-state index contributed by atoms with van der Waals surface area (Å²) in [7, 11) is 0. The molecule has 2 bridgehead atoms. The van der Waals surface area contributed by atoms with Gasteiger partial charge in [0.25, 0.3) is 5.91 Å². The van der Waals surface area contributed by atoms with Gasteiger partial charge in [-0.25, -0.2) is 0 Å². The van der Waals surface area contributed by atoms with E-state index in [2.05, 4.69) is 10.6 Å². The largest absolute Gasteiger partial charge is 0.508 e. The summed E-state index contributed by atoms with van der Waals surface area (Å²) >= 11 is 0. The van der Waals surface area contributed by atoms with Crippen molar-refractivity contribution in [2.75, 3.05) is 6.61 Å². The van der Waals surface area contributed by atoms with Crippen LogP contribution in [0.2, 0.25) is 0 Å². The van der Waals surface area contributed by atoms with Crippen LogP contribution in [0.1, 0.15) is 83.8 Å². The number of fused-ring (bicyclic) bond motifs is 4. The predicted octanol–water partition coefficient (Wildman–Crippen LogP) is 6.66. The van der Waals surface area contributed by atoms with Crippen LogP contribution in [0.3, 0.4) is 0 Å². The summed E-state index contributed by atoms with van der Waals surface area (Å²) < 4.78 is 25.8. The van der Waals surface area contributed by atoms with Gasteiger partial charge in [-0.05, 0) is 74.1 Å². The molecule has 358 valence electrons. The van der Waals surface area contributed by atoms with Crippen molar-refractivity contribution in [3.05, 3.63) is 178 Å². The lowest BCUT2D eigenvalue weighted by Gasteiger charge is -2.48. The Morgan fingerprint density at radius 2 is 1.52 bits per heavy atom. The van der Waals surface area contributed by atoms with Crippen LogP contribution in [0.15, 0.2) is 140 Å². The first-order valence-corrected chi connectivity index (χ1v) is 23.4. The number of phenolic OH excluding ortho intramolecular Hbond substituents is 1. The fraction of sp³-hybridized carbons (Fsp3) is 0.345. The summed E-state index contributed by atoms with van der Waals surface area (Å²) in [5, 5.41) is 27.9. The molecule has 14 nitrogen and oxygen atoms in total. The number of phenols is 1. The lowest BCUT2D eigenvalue weighted by Crippen LogP contribution is -2.69. The second-order valence-corrected chi connectivity index (χ2v) is 19.0. The molecule has 4 N–H and O–H groups in total. The number of nitrogens with zero attached hydrogens (tertiary/aromatic N) is 1. The Balaban J connectivity index is 1.00. The molecule has 7 unspecified atom stereocenters. The van der Waals surface area contributed by atoms with Crippen LogP contribution in [-0.4, -0.2) is 87.7 Å². The summed E-state index contributed by atoms with van der Waals surface area (Å²) in [6, 6.07) is 38.8. The fourth-order valence-corrected chi connectivity index (χ4v) is 10.0. The van der Waals surface area contributed by atoms with Crippen LogP contribution >= 0.6 is 0 Å². The average Bonchev–Trinajstić information content (AvgIpc) is 3.93. The fourth-order valence-electron chi connectivity index (χ4n) is 10.0. The van der Waals surface area contributed by atoms with Crippen molar-refractivity contribution in [3.8, 4) is 5.75 Å². The van der Waals surface area contributed by atoms with Gasteiger partial charge in [-0.1, -0.05) is 127 Å². The number of carbonyl (C=O) groups is 4. The van der Waals surface area contributed by atoms with Gasteiger partial charge < -0.3 is 39.8 Å². The highest BCUT2D eigenvalue weighted by atomic mass is 16.8. The summed E-state index contributed by atoms with van der Waals surface area (Å²) in [5.74, 6) is -3.19. The summed E-state index contributed by atoms with van der Waals surface area (Å²) in [5.41, 5.74) is 2.61. The molecule has 3 aliphatic heterocycles. The monoisotopic (exact) mass is 935 g/mol. The second kappa shape index (κ2) is 19.7. The van der Waals surface area contributed by atoms with E-state index < -0.39 is 77.1 Å². The Morgan fingerprint density at radius 1 is 0.855 bits per heavy atom.